The summed E-state index contributed by atoms with van der Waals surface area (Å²) in [7, 11) is 2.76. The highest BCUT2D eigenvalue weighted by Crippen LogP contribution is 2.43. The zero-order valence-electron chi connectivity index (χ0n) is 22.5. The lowest BCUT2D eigenvalue weighted by Crippen LogP contribution is -2.56. The molecule has 0 amide bonds. The third-order valence-corrected chi connectivity index (χ3v) is 10.3. The largest absolute Gasteiger partial charge is 0.386 e. The molecule has 0 bridgehead atoms. The van der Waals surface area contributed by atoms with Crippen LogP contribution in [0.1, 0.15) is 45.2 Å². The van der Waals surface area contributed by atoms with Gasteiger partial charge in [-0.15, -0.1) is 0 Å². The molecule has 3 heterocycles. The normalized spacial score (nSPS) is 23.4. The maximum atomic E-state index is 15.5. The summed E-state index contributed by atoms with van der Waals surface area (Å²) in [5.74, 6) is 0.672. The minimum atomic E-state index is -2.92. The Morgan fingerprint density at radius 2 is 1.86 bits per heavy atom. The average Bonchev–Trinajstić information content (AvgIpc) is 3.32. The standard InChI is InChI=1S/C24H32B3FN6O2S/c1-5-14-11-30-20(31-12-14)18-10-19(36-33-18)15-7-8-17(28)16(9-15)23(6-2)13-37(35,34-24(25,26)27)22(3,4)21(29)32-23/h7-12H,5-6,13,25-27H2,1-4H3,(H2,29,32)/t23-,37?/m0/s1. The van der Waals surface area contributed by atoms with E-state index in [1.807, 2.05) is 37.4 Å². The van der Waals surface area contributed by atoms with E-state index in [1.54, 1.807) is 44.4 Å². The Balaban J connectivity index is 1.82. The van der Waals surface area contributed by atoms with E-state index in [2.05, 4.69) is 15.1 Å². The van der Waals surface area contributed by atoms with Gasteiger partial charge in [-0.05, 0) is 55.7 Å². The van der Waals surface area contributed by atoms with Crippen molar-refractivity contribution in [2.75, 3.05) is 5.75 Å². The van der Waals surface area contributed by atoms with Gasteiger partial charge in [0.1, 0.15) is 45.5 Å². The molecule has 1 unspecified atom stereocenters. The van der Waals surface area contributed by atoms with E-state index in [0.29, 0.717) is 34.8 Å². The summed E-state index contributed by atoms with van der Waals surface area (Å²) < 4.78 is 39.2. The fourth-order valence-electron chi connectivity index (χ4n) is 4.38. The molecule has 0 saturated heterocycles. The number of nitrogens with zero attached hydrogens (tertiary/aromatic N) is 5. The minimum Gasteiger partial charge on any atom is -0.386 e. The molecule has 0 spiro atoms. The fraction of sp³-hybridized carbons (Fsp3) is 0.417. The summed E-state index contributed by atoms with van der Waals surface area (Å²) in [6.07, 6.45) is 4.73. The van der Waals surface area contributed by atoms with Gasteiger partial charge in [0.25, 0.3) is 0 Å². The number of hydrogen-bond acceptors (Lipinski definition) is 8. The Hall–Kier alpha value is -2.95. The molecule has 1 aromatic carbocycles. The molecule has 4 rings (SSSR count). The minimum absolute atomic E-state index is 0.0567. The number of aryl methyl sites for hydroxylation is 1. The second kappa shape index (κ2) is 9.42. The zero-order chi connectivity index (χ0) is 27.2. The molecule has 1 aliphatic heterocycles. The predicted molar refractivity (Wildman–Crippen MR) is 154 cm³/mol. The van der Waals surface area contributed by atoms with E-state index in [0.717, 1.165) is 12.0 Å². The molecular formula is C24H32B3FN6O2S. The van der Waals surface area contributed by atoms with E-state index in [-0.39, 0.29) is 11.6 Å². The third-order valence-electron chi connectivity index (χ3n) is 6.79. The first-order valence-corrected chi connectivity index (χ1v) is 14.1. The fourth-order valence-corrected chi connectivity index (χ4v) is 7.37. The molecule has 13 heteroatoms. The second-order valence-electron chi connectivity index (χ2n) is 11.0. The van der Waals surface area contributed by atoms with Crippen LogP contribution >= 0.6 is 0 Å². The lowest BCUT2D eigenvalue weighted by molar-refractivity contribution is 0.431. The lowest BCUT2D eigenvalue weighted by Gasteiger charge is -2.43. The summed E-state index contributed by atoms with van der Waals surface area (Å²) in [6, 6.07) is 6.38. The summed E-state index contributed by atoms with van der Waals surface area (Å²) in [6.45, 7) is 7.51. The highest BCUT2D eigenvalue weighted by atomic mass is 32.2. The van der Waals surface area contributed by atoms with Gasteiger partial charge >= 0.3 is 0 Å². The van der Waals surface area contributed by atoms with Crippen LogP contribution < -0.4 is 5.73 Å². The van der Waals surface area contributed by atoms with Crippen LogP contribution in [0.15, 0.2) is 50.5 Å². The molecule has 2 atom stereocenters. The van der Waals surface area contributed by atoms with E-state index >= 15 is 4.39 Å². The number of hydrogen-bond donors (Lipinski definition) is 1. The number of halogens is 1. The van der Waals surface area contributed by atoms with E-state index in [4.69, 9.17) is 19.6 Å². The molecular weight excluding hydrogens is 488 g/mol. The van der Waals surface area contributed by atoms with Crippen LogP contribution in [-0.4, -0.2) is 64.4 Å². The van der Waals surface area contributed by atoms with Crippen molar-refractivity contribution in [1.82, 2.24) is 15.1 Å². The summed E-state index contributed by atoms with van der Waals surface area (Å²) in [4.78, 5) is 13.5. The number of rotatable bonds is 6. The van der Waals surface area contributed by atoms with Crippen LogP contribution in [0.2, 0.25) is 0 Å². The van der Waals surface area contributed by atoms with Crippen molar-refractivity contribution in [3.8, 4) is 22.8 Å². The molecule has 8 nitrogen and oxygen atoms in total. The van der Waals surface area contributed by atoms with Gasteiger partial charge in [-0.1, -0.05) is 19.0 Å². The molecule has 192 valence electrons. The topological polar surface area (TPSA) is 120 Å². The molecule has 37 heavy (non-hydrogen) atoms. The van der Waals surface area contributed by atoms with Gasteiger partial charge in [0.15, 0.2) is 17.3 Å². The van der Waals surface area contributed by atoms with E-state index in [1.165, 1.54) is 6.07 Å². The molecule has 0 aliphatic carbocycles. The summed E-state index contributed by atoms with van der Waals surface area (Å²) in [5, 5.41) is 3.54. The first kappa shape index (κ1) is 27.1. The van der Waals surface area contributed by atoms with Crippen LogP contribution in [0.25, 0.3) is 22.8 Å². The number of amidine groups is 1. The van der Waals surface area contributed by atoms with E-state index < -0.39 is 31.1 Å². The van der Waals surface area contributed by atoms with Gasteiger partial charge in [-0.3, -0.25) is 9.36 Å². The average molecular weight is 520 g/mol. The van der Waals surface area contributed by atoms with Crippen molar-refractivity contribution in [1.29, 1.82) is 0 Å². The van der Waals surface area contributed by atoms with E-state index in [9.17, 15) is 4.21 Å². The Kier molecular flexibility index (Phi) is 6.90. The first-order chi connectivity index (χ1) is 17.2. The highest BCUT2D eigenvalue weighted by molar-refractivity contribution is 7.96. The van der Waals surface area contributed by atoms with Crippen LogP contribution in [-0.2, 0) is 21.7 Å². The number of benzene rings is 1. The Morgan fingerprint density at radius 3 is 2.46 bits per heavy atom. The highest BCUT2D eigenvalue weighted by Gasteiger charge is 2.50. The number of aliphatic imine (C=N–C) groups is 1. The van der Waals surface area contributed by atoms with Crippen molar-refractivity contribution < 1.29 is 13.1 Å². The van der Waals surface area contributed by atoms with Crippen molar-refractivity contribution in [2.24, 2.45) is 15.1 Å². The third kappa shape index (κ3) is 4.97. The maximum absolute atomic E-state index is 15.5. The van der Waals surface area contributed by atoms with Crippen LogP contribution in [0.4, 0.5) is 4.39 Å². The van der Waals surface area contributed by atoms with Gasteiger partial charge in [0.05, 0.1) is 15.5 Å². The monoisotopic (exact) mass is 520 g/mol. The molecule has 0 saturated carbocycles. The molecule has 3 aromatic rings. The van der Waals surface area contributed by atoms with Crippen molar-refractivity contribution in [3.05, 3.63) is 53.6 Å². The number of aromatic nitrogens is 3. The van der Waals surface area contributed by atoms with Gasteiger partial charge < -0.3 is 10.3 Å². The maximum Gasteiger partial charge on any atom is 0.181 e. The molecule has 1 aliphatic rings. The van der Waals surface area contributed by atoms with Gasteiger partial charge in [0.2, 0.25) is 0 Å². The molecule has 0 radical (unpaired) electrons. The lowest BCUT2D eigenvalue weighted by atomic mass is 9.50. The molecule has 2 N–H and O–H groups in total. The van der Waals surface area contributed by atoms with Gasteiger partial charge in [-0.25, -0.2) is 18.6 Å². The van der Waals surface area contributed by atoms with Gasteiger partial charge in [0, 0.05) is 29.6 Å². The van der Waals surface area contributed by atoms with Crippen LogP contribution in [0.5, 0.6) is 0 Å². The zero-order valence-corrected chi connectivity index (χ0v) is 23.3. The summed E-state index contributed by atoms with van der Waals surface area (Å²) >= 11 is 0. The second-order valence-corrected chi connectivity index (χ2v) is 13.8. The molecule has 2 aromatic heterocycles. The Morgan fingerprint density at radius 1 is 1.19 bits per heavy atom. The Labute approximate surface area is 220 Å². The number of nitrogens with two attached hydrogens (primary N) is 1. The van der Waals surface area contributed by atoms with Crippen molar-refractivity contribution >= 4 is 39.1 Å². The SMILES string of the molecule is BC(B)(B)N=S1(=O)C[C@@](CC)(c2cc(-c3cc(-c4ncc(CC)cn4)no3)ccc2F)N=C(N)C1(C)C. The Bertz CT molecular complexity index is 1480. The van der Waals surface area contributed by atoms with Crippen molar-refractivity contribution in [3.63, 3.8) is 0 Å². The van der Waals surface area contributed by atoms with Crippen LogP contribution in [0.3, 0.4) is 0 Å². The molecule has 0 fully saturated rings. The predicted octanol–water partition coefficient (Wildman–Crippen LogP) is 1.23. The first-order valence-electron chi connectivity index (χ1n) is 12.4. The van der Waals surface area contributed by atoms with Crippen molar-refractivity contribution in [2.45, 2.75) is 56.1 Å². The van der Waals surface area contributed by atoms with Crippen LogP contribution in [0, 0.1) is 5.82 Å². The smallest absolute Gasteiger partial charge is 0.181 e. The summed E-state index contributed by atoms with van der Waals surface area (Å²) in [5.41, 5.74) is 7.68. The van der Waals surface area contributed by atoms with Gasteiger partial charge in [-0.2, -0.15) is 0 Å². The quantitative estimate of drug-likeness (QED) is 0.489.